The molecular weight excluding hydrogens is 318 g/mol. The predicted octanol–water partition coefficient (Wildman–Crippen LogP) is 5.96. The van der Waals surface area contributed by atoms with E-state index in [-0.39, 0.29) is 11.3 Å². The smallest absolute Gasteiger partial charge is 0.201 e. The van der Waals surface area contributed by atoms with E-state index in [0.717, 1.165) is 30.6 Å². The topological polar surface area (TPSA) is 9.23 Å². The molecule has 3 heteroatoms. The Kier molecular flexibility index (Phi) is 5.99. The highest BCUT2D eigenvalue weighted by molar-refractivity contribution is 5.41. The highest BCUT2D eigenvalue weighted by atomic mass is 19.2. The van der Waals surface area contributed by atoms with Crippen LogP contribution in [0.1, 0.15) is 63.9 Å². The van der Waals surface area contributed by atoms with Crippen molar-refractivity contribution >= 4 is 0 Å². The van der Waals surface area contributed by atoms with Gasteiger partial charge in [-0.1, -0.05) is 31.6 Å². The van der Waals surface area contributed by atoms with Gasteiger partial charge in [0.1, 0.15) is 0 Å². The minimum Gasteiger partial charge on any atom is -0.494 e. The van der Waals surface area contributed by atoms with Gasteiger partial charge in [-0.05, 0) is 68.4 Å². The van der Waals surface area contributed by atoms with Crippen molar-refractivity contribution in [1.29, 1.82) is 0 Å². The number of hydrogen-bond acceptors (Lipinski definition) is 1. The number of benzene rings is 1. The van der Waals surface area contributed by atoms with Crippen molar-refractivity contribution in [2.24, 2.45) is 23.7 Å². The minimum absolute atomic E-state index is 0.0784. The van der Waals surface area contributed by atoms with Gasteiger partial charge in [-0.3, -0.25) is 0 Å². The Hall–Kier alpha value is -1.56. The molecule has 1 aromatic rings. The Morgan fingerprint density at radius 1 is 0.880 bits per heavy atom. The third kappa shape index (κ3) is 4.35. The van der Waals surface area contributed by atoms with Gasteiger partial charge < -0.3 is 4.74 Å². The molecule has 0 unspecified atom stereocenters. The van der Waals surface area contributed by atoms with Crippen LogP contribution in [0.2, 0.25) is 0 Å². The van der Waals surface area contributed by atoms with Gasteiger partial charge in [-0.2, -0.15) is 4.39 Å². The van der Waals surface area contributed by atoms with Gasteiger partial charge in [0, 0.05) is 5.92 Å². The van der Waals surface area contributed by atoms with Crippen LogP contribution in [0.25, 0.3) is 0 Å². The quantitative estimate of drug-likeness (QED) is 0.601. The lowest BCUT2D eigenvalue weighted by Crippen LogP contribution is -2.24. The molecule has 1 nitrogen and oxygen atoms in total. The fraction of sp³-hybridized carbons (Fsp3) is 0.636. The van der Waals surface area contributed by atoms with Gasteiger partial charge in [0.25, 0.3) is 0 Å². The number of halogens is 2. The number of methoxy groups -OCH3 is 1. The summed E-state index contributed by atoms with van der Waals surface area (Å²) in [6.45, 7) is 2.36. The Morgan fingerprint density at radius 2 is 1.48 bits per heavy atom. The summed E-state index contributed by atoms with van der Waals surface area (Å²) in [7, 11) is 1.33. The molecule has 2 saturated carbocycles. The zero-order chi connectivity index (χ0) is 17.8. The van der Waals surface area contributed by atoms with E-state index in [1.165, 1.54) is 57.8 Å². The lowest BCUT2D eigenvalue weighted by Gasteiger charge is -2.36. The van der Waals surface area contributed by atoms with Gasteiger partial charge in [0.05, 0.1) is 12.7 Å². The van der Waals surface area contributed by atoms with Crippen LogP contribution in [0.5, 0.6) is 5.75 Å². The van der Waals surface area contributed by atoms with Crippen molar-refractivity contribution in [3.63, 3.8) is 0 Å². The zero-order valence-electron chi connectivity index (χ0n) is 15.3. The van der Waals surface area contributed by atoms with Crippen LogP contribution in [0.15, 0.2) is 12.1 Å². The fourth-order valence-electron chi connectivity index (χ4n) is 4.46. The molecule has 2 aliphatic carbocycles. The average Bonchev–Trinajstić information content (AvgIpc) is 2.64. The fourth-order valence-corrected chi connectivity index (χ4v) is 4.46. The minimum atomic E-state index is -0.954. The second-order valence-corrected chi connectivity index (χ2v) is 7.84. The Labute approximate surface area is 150 Å². The first kappa shape index (κ1) is 18.2. The Balaban J connectivity index is 1.56. The maximum Gasteiger partial charge on any atom is 0.201 e. The van der Waals surface area contributed by atoms with Gasteiger partial charge in [-0.15, -0.1) is 0 Å². The molecule has 2 aliphatic rings. The molecule has 2 fully saturated rings. The monoisotopic (exact) mass is 346 g/mol. The SMILES string of the molecule is COc1ccc(C#CC2CCC(C3CCC(C)CC3)CC2)c(F)c1F. The van der Waals surface area contributed by atoms with E-state index in [9.17, 15) is 8.78 Å². The molecule has 0 radical (unpaired) electrons. The summed E-state index contributed by atoms with van der Waals surface area (Å²) in [5.41, 5.74) is 0.127. The maximum absolute atomic E-state index is 14.0. The molecule has 0 spiro atoms. The van der Waals surface area contributed by atoms with Gasteiger partial charge in [0.2, 0.25) is 5.82 Å². The van der Waals surface area contributed by atoms with Crippen LogP contribution in [0.3, 0.4) is 0 Å². The van der Waals surface area contributed by atoms with Crippen LogP contribution in [0.4, 0.5) is 8.78 Å². The maximum atomic E-state index is 14.0. The first-order valence-electron chi connectivity index (χ1n) is 9.62. The van der Waals surface area contributed by atoms with E-state index in [4.69, 9.17) is 4.74 Å². The van der Waals surface area contributed by atoms with Crippen molar-refractivity contribution in [2.45, 2.75) is 58.3 Å². The predicted molar refractivity (Wildman–Crippen MR) is 96.4 cm³/mol. The van der Waals surface area contributed by atoms with Crippen molar-refractivity contribution in [3.8, 4) is 17.6 Å². The molecule has 0 bridgehead atoms. The van der Waals surface area contributed by atoms with Crippen molar-refractivity contribution in [3.05, 3.63) is 29.3 Å². The third-order valence-corrected chi connectivity index (χ3v) is 6.18. The first-order chi connectivity index (χ1) is 12.1. The largest absolute Gasteiger partial charge is 0.494 e. The van der Waals surface area contributed by atoms with E-state index < -0.39 is 11.6 Å². The zero-order valence-corrected chi connectivity index (χ0v) is 15.3. The summed E-state index contributed by atoms with van der Waals surface area (Å²) in [4.78, 5) is 0. The highest BCUT2D eigenvalue weighted by Crippen LogP contribution is 2.41. The van der Waals surface area contributed by atoms with E-state index in [1.807, 2.05) is 0 Å². The number of ether oxygens (including phenoxy) is 1. The molecular formula is C22H28F2O. The molecule has 136 valence electrons. The van der Waals surface area contributed by atoms with Gasteiger partial charge in [0.15, 0.2) is 11.6 Å². The molecule has 0 N–H and O–H groups in total. The first-order valence-corrected chi connectivity index (χ1v) is 9.62. The molecule has 0 atom stereocenters. The van der Waals surface area contributed by atoms with Crippen molar-refractivity contribution in [1.82, 2.24) is 0 Å². The summed E-state index contributed by atoms with van der Waals surface area (Å²) < 4.78 is 32.5. The Bertz CT molecular complexity index is 642. The summed E-state index contributed by atoms with van der Waals surface area (Å²) in [5, 5.41) is 0. The molecule has 0 aromatic heterocycles. The molecule has 0 aliphatic heterocycles. The summed E-state index contributed by atoms with van der Waals surface area (Å²) in [6.07, 6.45) is 10.2. The number of hydrogen-bond donors (Lipinski definition) is 0. The molecule has 0 amide bonds. The van der Waals surface area contributed by atoms with Crippen LogP contribution in [0, 0.1) is 47.1 Å². The highest BCUT2D eigenvalue weighted by Gasteiger charge is 2.29. The summed E-state index contributed by atoms with van der Waals surface area (Å²) in [6, 6.07) is 2.93. The average molecular weight is 346 g/mol. The van der Waals surface area contributed by atoms with Crippen molar-refractivity contribution < 1.29 is 13.5 Å². The molecule has 0 saturated heterocycles. The van der Waals surface area contributed by atoms with Crippen LogP contribution < -0.4 is 4.74 Å². The molecule has 1 aromatic carbocycles. The van der Waals surface area contributed by atoms with E-state index in [2.05, 4.69) is 18.8 Å². The molecule has 25 heavy (non-hydrogen) atoms. The summed E-state index contributed by atoms with van der Waals surface area (Å²) >= 11 is 0. The number of rotatable bonds is 2. The van der Waals surface area contributed by atoms with E-state index in [1.54, 1.807) is 0 Å². The normalized spacial score (nSPS) is 29.6. The lowest BCUT2D eigenvalue weighted by molar-refractivity contribution is 0.162. The van der Waals surface area contributed by atoms with Gasteiger partial charge in [-0.25, -0.2) is 4.39 Å². The Morgan fingerprint density at radius 3 is 2.08 bits per heavy atom. The third-order valence-electron chi connectivity index (χ3n) is 6.18. The van der Waals surface area contributed by atoms with Crippen LogP contribution in [-0.2, 0) is 0 Å². The van der Waals surface area contributed by atoms with Crippen LogP contribution in [-0.4, -0.2) is 7.11 Å². The summed E-state index contributed by atoms with van der Waals surface area (Å²) in [5.74, 6) is 7.05. The second kappa shape index (κ2) is 8.21. The second-order valence-electron chi connectivity index (χ2n) is 7.84. The van der Waals surface area contributed by atoms with Crippen molar-refractivity contribution in [2.75, 3.05) is 7.11 Å². The van der Waals surface area contributed by atoms with Crippen LogP contribution >= 0.6 is 0 Å². The van der Waals surface area contributed by atoms with E-state index >= 15 is 0 Å². The molecule has 3 rings (SSSR count). The standard InChI is InChI=1S/C22H28F2O/c1-15-3-8-17(9-4-15)18-10-5-16(6-11-18)7-12-19-13-14-20(25-2)22(24)21(19)23/h13-18H,3-6,8-11H2,1-2H3. The lowest BCUT2D eigenvalue weighted by atomic mass is 9.69. The molecule has 0 heterocycles. The van der Waals surface area contributed by atoms with E-state index in [0.29, 0.717) is 5.92 Å². The van der Waals surface area contributed by atoms with Gasteiger partial charge >= 0.3 is 0 Å².